The van der Waals surface area contributed by atoms with E-state index in [1.165, 1.54) is 4.68 Å². The molecule has 20 heavy (non-hydrogen) atoms. The van der Waals surface area contributed by atoms with Gasteiger partial charge in [0.25, 0.3) is 0 Å². The van der Waals surface area contributed by atoms with Gasteiger partial charge in [-0.2, -0.15) is 5.10 Å². The Hall–Kier alpha value is -2.00. The van der Waals surface area contributed by atoms with Gasteiger partial charge in [0, 0.05) is 13.2 Å². The van der Waals surface area contributed by atoms with Gasteiger partial charge in [0.05, 0.1) is 12.2 Å². The van der Waals surface area contributed by atoms with E-state index in [0.717, 1.165) is 12.1 Å². The van der Waals surface area contributed by atoms with Crippen molar-refractivity contribution >= 4 is 15.7 Å². The molecule has 0 aliphatic carbocycles. The van der Waals surface area contributed by atoms with Crippen molar-refractivity contribution in [2.45, 2.75) is 11.4 Å². The van der Waals surface area contributed by atoms with E-state index in [-0.39, 0.29) is 6.54 Å². The number of nitrogens with two attached hydrogens (primary N) is 1. The normalized spacial score (nSPS) is 11.8. The summed E-state index contributed by atoms with van der Waals surface area (Å²) in [7, 11) is -2.46. The summed E-state index contributed by atoms with van der Waals surface area (Å²) in [6.45, 7) is -0.111. The highest BCUT2D eigenvalue weighted by atomic mass is 32.2. The summed E-state index contributed by atoms with van der Waals surface area (Å²) in [4.78, 5) is -0.702. The van der Waals surface area contributed by atoms with Gasteiger partial charge < -0.3 is 5.73 Å². The zero-order chi connectivity index (χ0) is 14.9. The molecule has 1 heterocycles. The van der Waals surface area contributed by atoms with Gasteiger partial charge >= 0.3 is 0 Å². The van der Waals surface area contributed by atoms with E-state index in [0.29, 0.717) is 5.69 Å². The fraction of sp³-hybridized carbons (Fsp3) is 0.182. The molecule has 1 aromatic heterocycles. The van der Waals surface area contributed by atoms with Gasteiger partial charge in [0.15, 0.2) is 5.82 Å². The molecule has 2 rings (SSSR count). The van der Waals surface area contributed by atoms with E-state index in [9.17, 15) is 17.2 Å². The van der Waals surface area contributed by atoms with Crippen LogP contribution >= 0.6 is 0 Å². The number of sulfonamides is 1. The summed E-state index contributed by atoms with van der Waals surface area (Å²) < 4.78 is 54.2. The lowest BCUT2D eigenvalue weighted by Crippen LogP contribution is -2.25. The second-order valence-electron chi connectivity index (χ2n) is 4.08. The monoisotopic (exact) mass is 302 g/mol. The highest BCUT2D eigenvalue weighted by molar-refractivity contribution is 7.89. The first-order valence-corrected chi connectivity index (χ1v) is 7.01. The maximum atomic E-state index is 13.7. The van der Waals surface area contributed by atoms with Gasteiger partial charge in [-0.05, 0) is 18.2 Å². The second-order valence-corrected chi connectivity index (χ2v) is 5.81. The predicted octanol–water partition coefficient (Wildman–Crippen LogP) is 0.759. The van der Waals surface area contributed by atoms with Crippen molar-refractivity contribution in [3.05, 3.63) is 41.7 Å². The molecule has 0 spiro atoms. The van der Waals surface area contributed by atoms with Crippen LogP contribution in [0.4, 0.5) is 14.5 Å². The van der Waals surface area contributed by atoms with Gasteiger partial charge in [-0.1, -0.05) is 0 Å². The average molecular weight is 302 g/mol. The molecule has 0 bridgehead atoms. The van der Waals surface area contributed by atoms with E-state index in [1.54, 1.807) is 19.3 Å². The number of nitrogens with zero attached hydrogens (tertiary/aromatic N) is 2. The zero-order valence-electron chi connectivity index (χ0n) is 10.5. The number of anilines is 1. The first kappa shape index (κ1) is 14.4. The Kier molecular flexibility index (Phi) is 3.73. The second kappa shape index (κ2) is 5.17. The van der Waals surface area contributed by atoms with Gasteiger partial charge in [-0.25, -0.2) is 21.9 Å². The highest BCUT2D eigenvalue weighted by Crippen LogP contribution is 2.22. The molecule has 0 aliphatic heterocycles. The van der Waals surface area contributed by atoms with Crippen LogP contribution in [0.1, 0.15) is 5.69 Å². The fourth-order valence-corrected chi connectivity index (χ4v) is 2.65. The molecule has 0 radical (unpaired) electrons. The van der Waals surface area contributed by atoms with Crippen LogP contribution in [0.15, 0.2) is 29.3 Å². The molecule has 9 heteroatoms. The summed E-state index contributed by atoms with van der Waals surface area (Å²) >= 11 is 0. The summed E-state index contributed by atoms with van der Waals surface area (Å²) in [5.41, 5.74) is 4.77. The third-order valence-corrected chi connectivity index (χ3v) is 4.01. The molecule has 0 saturated carbocycles. The van der Waals surface area contributed by atoms with Crippen molar-refractivity contribution < 1.29 is 17.2 Å². The minimum Gasteiger partial charge on any atom is -0.394 e. The van der Waals surface area contributed by atoms with Crippen molar-refractivity contribution in [3.8, 4) is 0 Å². The molecule has 0 atom stereocenters. The Bertz CT molecular complexity index is 743. The van der Waals surface area contributed by atoms with E-state index in [4.69, 9.17) is 5.73 Å². The number of hydrogen-bond donors (Lipinski definition) is 2. The minimum atomic E-state index is -4.14. The van der Waals surface area contributed by atoms with Crippen molar-refractivity contribution in [1.29, 1.82) is 0 Å². The SMILES string of the molecule is Cn1ccc(CNS(=O)(=O)c2ccc(F)c(N)c2F)n1. The number of rotatable bonds is 4. The van der Waals surface area contributed by atoms with E-state index < -0.39 is 32.2 Å². The van der Waals surface area contributed by atoms with Gasteiger partial charge in [0.2, 0.25) is 10.0 Å². The maximum absolute atomic E-state index is 13.7. The quantitative estimate of drug-likeness (QED) is 0.816. The number of aryl methyl sites for hydroxylation is 1. The molecule has 0 saturated heterocycles. The number of halogens is 2. The molecule has 0 unspecified atom stereocenters. The van der Waals surface area contributed by atoms with E-state index in [1.807, 2.05) is 0 Å². The molecule has 0 amide bonds. The minimum absolute atomic E-state index is 0.111. The maximum Gasteiger partial charge on any atom is 0.243 e. The van der Waals surface area contributed by atoms with Gasteiger partial charge in [-0.15, -0.1) is 0 Å². The van der Waals surface area contributed by atoms with Gasteiger partial charge in [0.1, 0.15) is 16.4 Å². The summed E-state index contributed by atoms with van der Waals surface area (Å²) in [5.74, 6) is -2.32. The third-order valence-electron chi connectivity index (χ3n) is 2.59. The lowest BCUT2D eigenvalue weighted by atomic mass is 10.3. The molecule has 108 valence electrons. The standard InChI is InChI=1S/C11H12F2N4O2S/c1-17-5-4-7(16-17)6-15-20(18,19)9-3-2-8(12)11(14)10(9)13/h2-5,15H,6,14H2,1H3. The topological polar surface area (TPSA) is 90.0 Å². The van der Waals surface area contributed by atoms with Crippen molar-refractivity contribution in [1.82, 2.24) is 14.5 Å². The number of hydrogen-bond acceptors (Lipinski definition) is 4. The summed E-state index contributed by atoms with van der Waals surface area (Å²) in [6.07, 6.45) is 1.64. The first-order valence-electron chi connectivity index (χ1n) is 5.53. The Morgan fingerprint density at radius 2 is 2.05 bits per heavy atom. The first-order chi connectivity index (χ1) is 9.31. The fourth-order valence-electron chi connectivity index (χ4n) is 1.56. The summed E-state index contributed by atoms with van der Waals surface area (Å²) in [6, 6.07) is 3.23. The smallest absolute Gasteiger partial charge is 0.243 e. The number of aromatic nitrogens is 2. The third kappa shape index (κ3) is 2.78. The summed E-state index contributed by atoms with van der Waals surface area (Å²) in [5, 5.41) is 3.97. The Morgan fingerprint density at radius 3 is 2.65 bits per heavy atom. The van der Waals surface area contributed by atoms with Crippen LogP contribution in [0.5, 0.6) is 0 Å². The Balaban J connectivity index is 2.25. The Labute approximate surface area is 114 Å². The van der Waals surface area contributed by atoms with Crippen LogP contribution in [0.25, 0.3) is 0 Å². The lowest BCUT2D eigenvalue weighted by molar-refractivity contribution is 0.547. The van der Waals surface area contributed by atoms with Crippen molar-refractivity contribution in [2.75, 3.05) is 5.73 Å². The van der Waals surface area contributed by atoms with E-state index >= 15 is 0 Å². The molecule has 1 aromatic carbocycles. The number of nitrogens with one attached hydrogen (secondary N) is 1. The van der Waals surface area contributed by atoms with Crippen LogP contribution in [0.3, 0.4) is 0 Å². The molecule has 0 aliphatic rings. The molecule has 3 N–H and O–H groups in total. The molecular formula is C11H12F2N4O2S. The van der Waals surface area contributed by atoms with Gasteiger partial charge in [-0.3, -0.25) is 4.68 Å². The van der Waals surface area contributed by atoms with Crippen LogP contribution < -0.4 is 10.5 Å². The zero-order valence-corrected chi connectivity index (χ0v) is 11.3. The van der Waals surface area contributed by atoms with Crippen LogP contribution in [0, 0.1) is 11.6 Å². The highest BCUT2D eigenvalue weighted by Gasteiger charge is 2.22. The lowest BCUT2D eigenvalue weighted by Gasteiger charge is -2.08. The predicted molar refractivity (Wildman–Crippen MR) is 68.0 cm³/mol. The molecule has 2 aromatic rings. The van der Waals surface area contributed by atoms with Crippen molar-refractivity contribution in [2.24, 2.45) is 7.05 Å². The largest absolute Gasteiger partial charge is 0.394 e. The van der Waals surface area contributed by atoms with Crippen LogP contribution in [-0.4, -0.2) is 18.2 Å². The number of nitrogen functional groups attached to an aromatic ring is 1. The molecule has 6 nitrogen and oxygen atoms in total. The number of benzene rings is 1. The van der Waals surface area contributed by atoms with Crippen molar-refractivity contribution in [3.63, 3.8) is 0 Å². The Morgan fingerprint density at radius 1 is 1.35 bits per heavy atom. The molecule has 0 fully saturated rings. The molecular weight excluding hydrogens is 290 g/mol. The van der Waals surface area contributed by atoms with Crippen LogP contribution in [0.2, 0.25) is 0 Å². The van der Waals surface area contributed by atoms with E-state index in [2.05, 4.69) is 9.82 Å². The van der Waals surface area contributed by atoms with Crippen LogP contribution in [-0.2, 0) is 23.6 Å². The average Bonchev–Trinajstić information content (AvgIpc) is 2.79.